The van der Waals surface area contributed by atoms with Crippen molar-refractivity contribution in [1.29, 1.82) is 0 Å². The summed E-state index contributed by atoms with van der Waals surface area (Å²) < 4.78 is 2.27. The Labute approximate surface area is 162 Å². The summed E-state index contributed by atoms with van der Waals surface area (Å²) in [6, 6.07) is 13.4. The minimum atomic E-state index is -0.401. The first-order valence-corrected chi connectivity index (χ1v) is 9.61. The van der Waals surface area contributed by atoms with Crippen molar-refractivity contribution in [3.05, 3.63) is 76.3 Å². The van der Waals surface area contributed by atoms with Crippen LogP contribution < -0.4 is 4.57 Å². The van der Waals surface area contributed by atoms with Crippen LogP contribution in [0.25, 0.3) is 26.9 Å². The molecule has 1 aromatic heterocycles. The maximum Gasteiger partial charge on any atom is 0.231 e. The Morgan fingerprint density at radius 1 is 1.11 bits per heavy atom. The van der Waals surface area contributed by atoms with Gasteiger partial charge < -0.3 is 4.85 Å². The molecule has 4 rings (SSSR count). The van der Waals surface area contributed by atoms with Crippen molar-refractivity contribution in [2.24, 2.45) is 7.05 Å². The molecule has 1 aliphatic rings. The van der Waals surface area contributed by atoms with Crippen molar-refractivity contribution in [3.8, 4) is 11.3 Å². The minimum absolute atomic E-state index is 0.109. The number of pyridine rings is 1. The molecular weight excluding hydrogens is 328 g/mol. The zero-order valence-electron chi connectivity index (χ0n) is 17.1. The van der Waals surface area contributed by atoms with Crippen LogP contribution >= 0.6 is 0 Å². The fourth-order valence-corrected chi connectivity index (χ4v) is 4.78. The highest BCUT2D eigenvalue weighted by atomic mass is 14.9. The third-order valence-corrected chi connectivity index (χ3v) is 6.12. The van der Waals surface area contributed by atoms with Crippen LogP contribution in [0.3, 0.4) is 0 Å². The summed E-state index contributed by atoms with van der Waals surface area (Å²) in [6.45, 7) is 18.6. The van der Waals surface area contributed by atoms with Gasteiger partial charge in [-0.05, 0) is 34.4 Å². The zero-order valence-corrected chi connectivity index (χ0v) is 17.1. The molecule has 0 saturated carbocycles. The predicted octanol–water partition coefficient (Wildman–Crippen LogP) is 5.52. The van der Waals surface area contributed by atoms with Gasteiger partial charge in [-0.25, -0.2) is 11.1 Å². The van der Waals surface area contributed by atoms with Crippen molar-refractivity contribution < 1.29 is 4.57 Å². The summed E-state index contributed by atoms with van der Waals surface area (Å²) >= 11 is 0. The van der Waals surface area contributed by atoms with Crippen LogP contribution in [-0.4, -0.2) is 5.54 Å². The van der Waals surface area contributed by atoms with E-state index < -0.39 is 5.54 Å². The van der Waals surface area contributed by atoms with E-state index in [9.17, 15) is 0 Å². The molecule has 0 saturated heterocycles. The molecular formula is C25H27N2+. The number of hydrogen-bond acceptors (Lipinski definition) is 0. The lowest BCUT2D eigenvalue weighted by atomic mass is 9.67. The quantitative estimate of drug-likeness (QED) is 0.422. The van der Waals surface area contributed by atoms with Crippen LogP contribution in [0, 0.1) is 13.5 Å². The summed E-state index contributed by atoms with van der Waals surface area (Å²) in [4.78, 5) is 3.88. The largest absolute Gasteiger partial charge is 0.311 e. The van der Waals surface area contributed by atoms with Crippen LogP contribution in [-0.2, 0) is 18.9 Å². The summed E-state index contributed by atoms with van der Waals surface area (Å²) in [7, 11) is 2.14. The molecule has 3 aromatic rings. The smallest absolute Gasteiger partial charge is 0.231 e. The first-order valence-electron chi connectivity index (χ1n) is 9.61. The summed E-state index contributed by atoms with van der Waals surface area (Å²) in [6.07, 6.45) is 2.93. The molecule has 0 aliphatic heterocycles. The van der Waals surface area contributed by atoms with Crippen molar-refractivity contribution in [2.75, 3.05) is 0 Å². The molecule has 2 aromatic carbocycles. The third-order valence-electron chi connectivity index (χ3n) is 6.12. The molecule has 0 spiro atoms. The predicted molar refractivity (Wildman–Crippen MR) is 112 cm³/mol. The molecule has 0 atom stereocenters. The molecule has 0 unspecified atom stereocenters. The van der Waals surface area contributed by atoms with Gasteiger partial charge in [0.05, 0.1) is 12.0 Å². The first kappa shape index (κ1) is 17.7. The fraction of sp³-hybridized carbons (Fsp3) is 0.360. The molecule has 136 valence electrons. The van der Waals surface area contributed by atoms with Crippen LogP contribution in [0.1, 0.15) is 49.9 Å². The Hall–Kier alpha value is -2.66. The SMILES string of the molecule is [C-]#[N+]C(C)(C)Cc1cc[n+](C)c2c1C(C)(C)c1cccc3ccc(C)c-2c13. The van der Waals surface area contributed by atoms with Gasteiger partial charge in [0.1, 0.15) is 7.05 Å². The molecule has 2 nitrogen and oxygen atoms in total. The maximum absolute atomic E-state index is 7.60. The first-order chi connectivity index (χ1) is 12.7. The van der Waals surface area contributed by atoms with Gasteiger partial charge in [-0.15, -0.1) is 0 Å². The molecule has 0 N–H and O–H groups in total. The van der Waals surface area contributed by atoms with Gasteiger partial charge >= 0.3 is 0 Å². The number of hydrogen-bond donors (Lipinski definition) is 0. The lowest BCUT2D eigenvalue weighted by Crippen LogP contribution is -2.39. The molecule has 0 fully saturated rings. The number of benzene rings is 2. The number of nitrogens with zero attached hydrogens (tertiary/aromatic N) is 2. The summed E-state index contributed by atoms with van der Waals surface area (Å²) in [5.74, 6) is 0. The number of aryl methyl sites for hydroxylation is 2. The monoisotopic (exact) mass is 355 g/mol. The number of aromatic nitrogens is 1. The Kier molecular flexibility index (Phi) is 3.72. The zero-order chi connectivity index (χ0) is 19.6. The van der Waals surface area contributed by atoms with Crippen LogP contribution in [0.15, 0.2) is 42.6 Å². The van der Waals surface area contributed by atoms with Gasteiger partial charge in [0, 0.05) is 30.9 Å². The average molecular weight is 356 g/mol. The molecule has 0 bridgehead atoms. The van der Waals surface area contributed by atoms with E-state index in [0.29, 0.717) is 0 Å². The van der Waals surface area contributed by atoms with E-state index in [-0.39, 0.29) is 5.41 Å². The Morgan fingerprint density at radius 3 is 2.56 bits per heavy atom. The van der Waals surface area contributed by atoms with E-state index >= 15 is 0 Å². The highest BCUT2D eigenvalue weighted by Crippen LogP contribution is 2.49. The highest BCUT2D eigenvalue weighted by molar-refractivity contribution is 6.03. The van der Waals surface area contributed by atoms with Crippen molar-refractivity contribution in [3.63, 3.8) is 0 Å². The lowest BCUT2D eigenvalue weighted by Gasteiger charge is -2.35. The Morgan fingerprint density at radius 2 is 1.85 bits per heavy atom. The number of fused-ring (bicyclic) bond motifs is 2. The van der Waals surface area contributed by atoms with Crippen LogP contribution in [0.5, 0.6) is 0 Å². The average Bonchev–Trinajstić information content (AvgIpc) is 2.62. The Balaban J connectivity index is 2.17. The standard InChI is InChI=1S/C25H27N2/c1-16-11-12-17-9-8-10-19-21(17)20(16)23-22(25(19,4)5)18(13-14-27(23)7)15-24(2,3)26-6/h8-14H,15H2,1-5,7H3/q+1. The second-order valence-electron chi connectivity index (χ2n) is 9.06. The Bertz CT molecular complexity index is 1130. The lowest BCUT2D eigenvalue weighted by molar-refractivity contribution is -0.661. The second-order valence-corrected chi connectivity index (χ2v) is 9.06. The topological polar surface area (TPSA) is 8.24 Å². The van der Waals surface area contributed by atoms with Crippen LogP contribution in [0.2, 0.25) is 0 Å². The normalized spacial score (nSPS) is 14.7. The number of rotatable bonds is 2. The minimum Gasteiger partial charge on any atom is -0.311 e. The highest BCUT2D eigenvalue weighted by Gasteiger charge is 2.42. The van der Waals surface area contributed by atoms with E-state index in [0.717, 1.165) is 6.42 Å². The van der Waals surface area contributed by atoms with E-state index in [1.807, 2.05) is 13.8 Å². The van der Waals surface area contributed by atoms with Crippen LogP contribution in [0.4, 0.5) is 0 Å². The van der Waals surface area contributed by atoms with Gasteiger partial charge in [0.15, 0.2) is 6.20 Å². The molecule has 2 heteroatoms. The van der Waals surface area contributed by atoms with Crippen molar-refractivity contribution >= 4 is 10.8 Å². The van der Waals surface area contributed by atoms with Gasteiger partial charge in [-0.2, -0.15) is 0 Å². The van der Waals surface area contributed by atoms with Gasteiger partial charge in [0.2, 0.25) is 11.2 Å². The van der Waals surface area contributed by atoms with Crippen molar-refractivity contribution in [1.82, 2.24) is 0 Å². The van der Waals surface area contributed by atoms with E-state index in [1.54, 1.807) is 0 Å². The van der Waals surface area contributed by atoms with E-state index in [2.05, 4.69) is 79.8 Å². The van der Waals surface area contributed by atoms with Gasteiger partial charge in [-0.1, -0.05) is 44.2 Å². The summed E-state index contributed by atoms with van der Waals surface area (Å²) in [5.41, 5.74) is 7.51. The van der Waals surface area contributed by atoms with Gasteiger partial charge in [0.25, 0.3) is 0 Å². The van der Waals surface area contributed by atoms with Gasteiger partial charge in [-0.3, -0.25) is 0 Å². The van der Waals surface area contributed by atoms with Crippen molar-refractivity contribution in [2.45, 2.75) is 52.0 Å². The third kappa shape index (κ3) is 2.49. The molecule has 0 radical (unpaired) electrons. The molecule has 27 heavy (non-hydrogen) atoms. The fourth-order valence-electron chi connectivity index (χ4n) is 4.78. The van der Waals surface area contributed by atoms with E-state index in [4.69, 9.17) is 6.57 Å². The molecule has 1 aliphatic carbocycles. The van der Waals surface area contributed by atoms with E-state index in [1.165, 1.54) is 44.3 Å². The maximum atomic E-state index is 7.60. The molecule has 1 heterocycles. The molecule has 0 amide bonds. The second kappa shape index (κ2) is 5.67. The summed E-state index contributed by atoms with van der Waals surface area (Å²) in [5, 5.41) is 2.69.